The zero-order valence-corrected chi connectivity index (χ0v) is 11.9. The summed E-state index contributed by atoms with van der Waals surface area (Å²) in [4.78, 5) is 28.8. The Kier molecular flexibility index (Phi) is 4.88. The molecule has 9 heteroatoms. The summed E-state index contributed by atoms with van der Waals surface area (Å²) in [5.74, 6) is 4.68. The van der Waals surface area contributed by atoms with Crippen molar-refractivity contribution in [3.05, 3.63) is 16.1 Å². The Bertz CT molecular complexity index is 492. The van der Waals surface area contributed by atoms with Crippen molar-refractivity contribution in [3.8, 4) is 0 Å². The number of likely N-dealkylation sites (tertiary alicyclic amines) is 1. The Hall–Kier alpha value is -1.71. The second-order valence-electron chi connectivity index (χ2n) is 4.47. The molecule has 1 atom stereocenters. The first-order valence-electron chi connectivity index (χ1n) is 6.14. The summed E-state index contributed by atoms with van der Waals surface area (Å²) in [5.41, 5.74) is 2.88. The van der Waals surface area contributed by atoms with Crippen LogP contribution in [0, 0.1) is 0 Å². The highest BCUT2D eigenvalue weighted by Crippen LogP contribution is 2.16. The molecule has 2 amide bonds. The molecule has 0 aromatic carbocycles. The van der Waals surface area contributed by atoms with Gasteiger partial charge in [0.05, 0.1) is 12.8 Å². The van der Waals surface area contributed by atoms with Crippen molar-refractivity contribution in [1.82, 2.24) is 20.6 Å². The van der Waals surface area contributed by atoms with E-state index in [1.54, 1.807) is 0 Å². The quantitative estimate of drug-likeness (QED) is 0.399. The minimum absolute atomic E-state index is 0.0906. The lowest BCUT2D eigenvalue weighted by molar-refractivity contribution is 0.0953. The molecule has 0 bridgehead atoms. The number of nitrogen functional groups attached to an aromatic ring is 1. The van der Waals surface area contributed by atoms with Gasteiger partial charge in [0.1, 0.15) is 0 Å². The number of hydrazine groups is 1. The van der Waals surface area contributed by atoms with Crippen LogP contribution in [0.5, 0.6) is 0 Å². The van der Waals surface area contributed by atoms with E-state index >= 15 is 0 Å². The maximum atomic E-state index is 11.3. The fourth-order valence-corrected chi connectivity index (χ4v) is 2.81. The Morgan fingerprint density at radius 1 is 1.65 bits per heavy atom. The van der Waals surface area contributed by atoms with E-state index in [9.17, 15) is 9.59 Å². The molecule has 1 saturated heterocycles. The second kappa shape index (κ2) is 6.64. The Balaban J connectivity index is 1.84. The highest BCUT2D eigenvalue weighted by atomic mass is 32.1. The first-order chi connectivity index (χ1) is 9.62. The van der Waals surface area contributed by atoms with E-state index in [4.69, 9.17) is 5.84 Å². The number of amides is 2. The highest BCUT2D eigenvalue weighted by Gasteiger charge is 2.24. The first kappa shape index (κ1) is 14.7. The summed E-state index contributed by atoms with van der Waals surface area (Å²) in [5, 5.41) is 4.97. The van der Waals surface area contributed by atoms with Gasteiger partial charge in [-0.15, -0.1) is 11.3 Å². The van der Waals surface area contributed by atoms with Gasteiger partial charge in [-0.1, -0.05) is 0 Å². The van der Waals surface area contributed by atoms with Crippen LogP contribution in [-0.2, 0) is 11.3 Å². The van der Waals surface area contributed by atoms with Crippen molar-refractivity contribution >= 4 is 23.3 Å². The number of rotatable bonds is 4. The summed E-state index contributed by atoms with van der Waals surface area (Å²) in [6, 6.07) is 0.0906. The molecule has 0 radical (unpaired) electrons. The molecule has 8 nitrogen and oxygen atoms in total. The smallest absolute Gasteiger partial charge is 0.407 e. The van der Waals surface area contributed by atoms with E-state index in [0.717, 1.165) is 25.2 Å². The first-order valence-corrected chi connectivity index (χ1v) is 7.02. The molecule has 1 aliphatic rings. The molecule has 4 N–H and O–H groups in total. The number of carbonyl (C=O) groups is 2. The van der Waals surface area contributed by atoms with Crippen molar-refractivity contribution < 1.29 is 14.3 Å². The third kappa shape index (κ3) is 3.65. The average molecular weight is 299 g/mol. The summed E-state index contributed by atoms with van der Waals surface area (Å²) >= 11 is 1.26. The number of methoxy groups -OCH3 is 1. The van der Waals surface area contributed by atoms with Gasteiger partial charge in [-0.25, -0.2) is 15.6 Å². The van der Waals surface area contributed by atoms with Gasteiger partial charge in [0.25, 0.3) is 5.91 Å². The Morgan fingerprint density at radius 3 is 3.15 bits per heavy atom. The zero-order valence-electron chi connectivity index (χ0n) is 11.1. The lowest BCUT2D eigenvalue weighted by atomic mass is 10.3. The van der Waals surface area contributed by atoms with E-state index in [2.05, 4.69) is 25.4 Å². The fourth-order valence-electron chi connectivity index (χ4n) is 2.09. The monoisotopic (exact) mass is 299 g/mol. The third-order valence-electron chi connectivity index (χ3n) is 3.04. The number of nitrogens with zero attached hydrogens (tertiary/aromatic N) is 2. The van der Waals surface area contributed by atoms with E-state index < -0.39 is 6.09 Å². The van der Waals surface area contributed by atoms with Gasteiger partial charge in [-0.2, -0.15) is 0 Å². The van der Waals surface area contributed by atoms with Gasteiger partial charge in [0.15, 0.2) is 5.01 Å². The second-order valence-corrected chi connectivity index (χ2v) is 5.33. The van der Waals surface area contributed by atoms with Crippen LogP contribution >= 0.6 is 11.3 Å². The largest absolute Gasteiger partial charge is 0.453 e. The van der Waals surface area contributed by atoms with Crippen LogP contribution in [0.4, 0.5) is 4.79 Å². The van der Waals surface area contributed by atoms with Crippen LogP contribution in [0.2, 0.25) is 0 Å². The van der Waals surface area contributed by atoms with Crippen molar-refractivity contribution in [2.45, 2.75) is 19.0 Å². The van der Waals surface area contributed by atoms with Crippen LogP contribution in [0.1, 0.15) is 21.9 Å². The molecule has 0 saturated carbocycles. The summed E-state index contributed by atoms with van der Waals surface area (Å²) in [6.07, 6.45) is 0.461. The zero-order chi connectivity index (χ0) is 14.5. The summed E-state index contributed by atoms with van der Waals surface area (Å²) in [7, 11) is 1.35. The number of nitrogens with one attached hydrogen (secondary N) is 2. The SMILES string of the molecule is COC(=O)NC1CCN(Cc2csc(C(=O)NN)n2)C1. The van der Waals surface area contributed by atoms with E-state index in [-0.39, 0.29) is 11.9 Å². The number of hydrogen-bond acceptors (Lipinski definition) is 7. The molecule has 0 spiro atoms. The Morgan fingerprint density at radius 2 is 2.45 bits per heavy atom. The summed E-state index contributed by atoms with van der Waals surface area (Å²) in [6.45, 7) is 2.25. The number of carbonyl (C=O) groups excluding carboxylic acids is 2. The molecule has 20 heavy (non-hydrogen) atoms. The van der Waals surface area contributed by atoms with Crippen LogP contribution in [0.25, 0.3) is 0 Å². The van der Waals surface area contributed by atoms with Crippen molar-refractivity contribution in [3.63, 3.8) is 0 Å². The summed E-state index contributed by atoms with van der Waals surface area (Å²) < 4.78 is 4.57. The lowest BCUT2D eigenvalue weighted by Crippen LogP contribution is -2.36. The van der Waals surface area contributed by atoms with Gasteiger partial charge in [-0.05, 0) is 6.42 Å². The standard InChI is InChI=1S/C11H17N5O3S/c1-19-11(18)14-7-2-3-16(4-7)5-8-6-20-10(13-8)9(17)15-12/h6-7H,2-5,12H2,1H3,(H,14,18)(H,15,17). The number of ether oxygens (including phenoxy) is 1. The average Bonchev–Trinajstić information content (AvgIpc) is 3.08. The van der Waals surface area contributed by atoms with Gasteiger partial charge in [0, 0.05) is 31.1 Å². The van der Waals surface area contributed by atoms with Crippen LogP contribution < -0.4 is 16.6 Å². The molecule has 1 aliphatic heterocycles. The van der Waals surface area contributed by atoms with Gasteiger partial charge < -0.3 is 10.1 Å². The molecule has 0 aliphatic carbocycles. The highest BCUT2D eigenvalue weighted by molar-refractivity contribution is 7.11. The van der Waals surface area contributed by atoms with Gasteiger partial charge >= 0.3 is 6.09 Å². The van der Waals surface area contributed by atoms with Crippen molar-refractivity contribution in [2.24, 2.45) is 5.84 Å². The Labute approximate surface area is 120 Å². The topological polar surface area (TPSA) is 110 Å². The van der Waals surface area contributed by atoms with E-state index in [0.29, 0.717) is 11.6 Å². The molecular weight excluding hydrogens is 282 g/mol. The maximum absolute atomic E-state index is 11.3. The normalized spacial score (nSPS) is 18.8. The number of thiazole rings is 1. The molecule has 1 unspecified atom stereocenters. The van der Waals surface area contributed by atoms with E-state index in [1.807, 2.05) is 5.38 Å². The number of aromatic nitrogens is 1. The molecule has 110 valence electrons. The van der Waals surface area contributed by atoms with Crippen LogP contribution in [0.3, 0.4) is 0 Å². The number of alkyl carbamates (subject to hydrolysis) is 1. The third-order valence-corrected chi connectivity index (χ3v) is 3.93. The minimum Gasteiger partial charge on any atom is -0.453 e. The fraction of sp³-hybridized carbons (Fsp3) is 0.545. The molecule has 2 rings (SSSR count). The van der Waals surface area contributed by atoms with Crippen LogP contribution in [0.15, 0.2) is 5.38 Å². The molecule has 1 fully saturated rings. The molecular formula is C11H17N5O3S. The molecule has 1 aromatic heterocycles. The minimum atomic E-state index is -0.410. The maximum Gasteiger partial charge on any atom is 0.407 e. The van der Waals surface area contributed by atoms with Crippen molar-refractivity contribution in [2.75, 3.05) is 20.2 Å². The predicted octanol–water partition coefficient (Wildman–Crippen LogP) is -0.323. The lowest BCUT2D eigenvalue weighted by Gasteiger charge is -2.14. The number of hydrogen-bond donors (Lipinski definition) is 3. The van der Waals surface area contributed by atoms with Crippen LogP contribution in [-0.4, -0.2) is 48.1 Å². The predicted molar refractivity (Wildman–Crippen MR) is 73.0 cm³/mol. The molecule has 1 aromatic rings. The number of nitrogens with two attached hydrogens (primary N) is 1. The van der Waals surface area contributed by atoms with Crippen molar-refractivity contribution in [1.29, 1.82) is 0 Å². The molecule has 2 heterocycles. The van der Waals surface area contributed by atoms with Gasteiger partial charge in [-0.3, -0.25) is 15.1 Å². The van der Waals surface area contributed by atoms with Gasteiger partial charge in [0.2, 0.25) is 0 Å². The van der Waals surface area contributed by atoms with E-state index in [1.165, 1.54) is 18.4 Å².